The van der Waals surface area contributed by atoms with Gasteiger partial charge in [0.2, 0.25) is 0 Å². The summed E-state index contributed by atoms with van der Waals surface area (Å²) in [7, 11) is 0. The highest BCUT2D eigenvalue weighted by molar-refractivity contribution is 5.37. The molecule has 0 aliphatic heterocycles. The van der Waals surface area contributed by atoms with Crippen LogP contribution in [0.15, 0.2) is 16.9 Å². The van der Waals surface area contributed by atoms with Crippen molar-refractivity contribution in [2.75, 3.05) is 5.73 Å². The van der Waals surface area contributed by atoms with Crippen LogP contribution in [0.2, 0.25) is 0 Å². The van der Waals surface area contributed by atoms with Gasteiger partial charge >= 0.3 is 0 Å². The lowest BCUT2D eigenvalue weighted by molar-refractivity contribution is 0.490. The number of aromatic nitrogens is 1. The highest BCUT2D eigenvalue weighted by Crippen LogP contribution is 2.21. The second-order valence-corrected chi connectivity index (χ2v) is 5.23. The van der Waals surface area contributed by atoms with Gasteiger partial charge in [0.25, 0.3) is 5.56 Å². The van der Waals surface area contributed by atoms with E-state index in [-0.39, 0.29) is 11.0 Å². The van der Waals surface area contributed by atoms with Gasteiger partial charge in [-0.1, -0.05) is 34.1 Å². The van der Waals surface area contributed by atoms with Gasteiger partial charge in [-0.05, 0) is 18.6 Å². The lowest BCUT2D eigenvalue weighted by atomic mass is 9.91. The van der Waals surface area contributed by atoms with Crippen molar-refractivity contribution in [3.05, 3.63) is 28.2 Å². The fourth-order valence-corrected chi connectivity index (χ4v) is 1.79. The Hall–Kier alpha value is -1.25. The summed E-state index contributed by atoms with van der Waals surface area (Å²) in [4.78, 5) is 12.0. The maximum atomic E-state index is 12.0. The normalized spacial score (nSPS) is 11.8. The minimum absolute atomic E-state index is 0.0272. The molecule has 0 aliphatic rings. The lowest BCUT2D eigenvalue weighted by Gasteiger charge is -2.24. The third-order valence-electron chi connectivity index (χ3n) is 2.71. The molecule has 2 N–H and O–H groups in total. The third kappa shape index (κ3) is 2.65. The quantitative estimate of drug-likeness (QED) is 0.854. The number of hydrogen-bond acceptors (Lipinski definition) is 2. The maximum Gasteiger partial charge on any atom is 0.273 e. The van der Waals surface area contributed by atoms with Crippen molar-refractivity contribution in [3.8, 4) is 0 Å². The molecule has 1 rings (SSSR count). The van der Waals surface area contributed by atoms with E-state index in [4.69, 9.17) is 5.73 Å². The number of hydrogen-bond donors (Lipinski definition) is 1. The fourth-order valence-electron chi connectivity index (χ4n) is 1.79. The minimum atomic E-state index is -0.0547. The van der Waals surface area contributed by atoms with Crippen molar-refractivity contribution in [3.63, 3.8) is 0 Å². The van der Waals surface area contributed by atoms with E-state index in [0.717, 1.165) is 25.1 Å². The molecule has 0 saturated carbocycles. The average molecular weight is 222 g/mol. The topological polar surface area (TPSA) is 48.0 Å². The third-order valence-corrected chi connectivity index (χ3v) is 2.71. The van der Waals surface area contributed by atoms with Gasteiger partial charge < -0.3 is 10.3 Å². The molecular formula is C13H22N2O. The summed E-state index contributed by atoms with van der Waals surface area (Å²) in [5.74, 6) is 0. The molecule has 0 aromatic carbocycles. The van der Waals surface area contributed by atoms with Crippen molar-refractivity contribution in [1.29, 1.82) is 0 Å². The van der Waals surface area contributed by atoms with Crippen LogP contribution in [0.4, 0.5) is 5.69 Å². The lowest BCUT2D eigenvalue weighted by Crippen LogP contribution is -2.31. The van der Waals surface area contributed by atoms with E-state index in [1.807, 2.05) is 10.6 Å². The summed E-state index contributed by atoms with van der Waals surface area (Å²) in [5.41, 5.74) is 6.98. The summed E-state index contributed by atoms with van der Waals surface area (Å²) < 4.78 is 1.82. The molecule has 0 saturated heterocycles. The van der Waals surface area contributed by atoms with Crippen molar-refractivity contribution in [2.24, 2.45) is 0 Å². The molecule has 3 nitrogen and oxygen atoms in total. The van der Waals surface area contributed by atoms with Crippen LogP contribution in [-0.2, 0) is 12.0 Å². The number of nitrogen functional groups attached to an aromatic ring is 1. The van der Waals surface area contributed by atoms with Crippen LogP contribution >= 0.6 is 0 Å². The minimum Gasteiger partial charge on any atom is -0.394 e. The van der Waals surface area contributed by atoms with Gasteiger partial charge in [0.15, 0.2) is 0 Å². The summed E-state index contributed by atoms with van der Waals surface area (Å²) in [6.07, 6.45) is 2.08. The van der Waals surface area contributed by atoms with E-state index < -0.39 is 0 Å². The van der Waals surface area contributed by atoms with E-state index in [0.29, 0.717) is 5.69 Å². The summed E-state index contributed by atoms with van der Waals surface area (Å²) in [6, 6.07) is 3.68. The smallest absolute Gasteiger partial charge is 0.273 e. The Morgan fingerprint density at radius 3 is 2.44 bits per heavy atom. The first-order chi connectivity index (χ1) is 7.38. The van der Waals surface area contributed by atoms with Crippen LogP contribution < -0.4 is 11.3 Å². The Morgan fingerprint density at radius 2 is 1.94 bits per heavy atom. The van der Waals surface area contributed by atoms with Crippen LogP contribution in [0.5, 0.6) is 0 Å². The molecule has 0 spiro atoms. The van der Waals surface area contributed by atoms with E-state index >= 15 is 0 Å². The fraction of sp³-hybridized carbons (Fsp3) is 0.615. The summed E-state index contributed by atoms with van der Waals surface area (Å²) in [6.45, 7) is 9.21. The van der Waals surface area contributed by atoms with Gasteiger partial charge in [-0.25, -0.2) is 0 Å². The van der Waals surface area contributed by atoms with E-state index in [1.165, 1.54) is 0 Å². The van der Waals surface area contributed by atoms with Crippen molar-refractivity contribution in [1.82, 2.24) is 4.57 Å². The first-order valence-corrected chi connectivity index (χ1v) is 5.87. The molecule has 3 heteroatoms. The molecule has 1 aromatic heterocycles. The maximum absolute atomic E-state index is 12.0. The van der Waals surface area contributed by atoms with Crippen LogP contribution in [0.1, 0.15) is 46.2 Å². The van der Waals surface area contributed by atoms with Crippen LogP contribution in [0.3, 0.4) is 0 Å². The number of anilines is 1. The van der Waals surface area contributed by atoms with Gasteiger partial charge in [-0.2, -0.15) is 0 Å². The molecule has 0 unspecified atom stereocenters. The SMILES string of the molecule is CCCCn1c(C(C)(C)C)ccc(N)c1=O. The second kappa shape index (κ2) is 4.73. The van der Waals surface area contributed by atoms with Gasteiger partial charge in [0, 0.05) is 17.7 Å². The predicted molar refractivity (Wildman–Crippen MR) is 68.7 cm³/mol. The zero-order chi connectivity index (χ0) is 12.3. The number of pyridine rings is 1. The Morgan fingerprint density at radius 1 is 1.31 bits per heavy atom. The van der Waals surface area contributed by atoms with Gasteiger partial charge in [-0.3, -0.25) is 4.79 Å². The van der Waals surface area contributed by atoms with Crippen LogP contribution in [0, 0.1) is 0 Å². The van der Waals surface area contributed by atoms with E-state index in [9.17, 15) is 4.79 Å². The largest absolute Gasteiger partial charge is 0.394 e. The van der Waals surface area contributed by atoms with E-state index in [1.54, 1.807) is 6.07 Å². The number of unbranched alkanes of at least 4 members (excludes halogenated alkanes) is 1. The molecule has 1 heterocycles. The molecular weight excluding hydrogens is 200 g/mol. The highest BCUT2D eigenvalue weighted by Gasteiger charge is 2.19. The second-order valence-electron chi connectivity index (χ2n) is 5.23. The van der Waals surface area contributed by atoms with Crippen molar-refractivity contribution < 1.29 is 0 Å². The van der Waals surface area contributed by atoms with Gasteiger partial charge in [0.1, 0.15) is 0 Å². The molecule has 0 atom stereocenters. The zero-order valence-corrected chi connectivity index (χ0v) is 10.7. The highest BCUT2D eigenvalue weighted by atomic mass is 16.1. The monoisotopic (exact) mass is 222 g/mol. The first kappa shape index (κ1) is 12.8. The number of nitrogens with two attached hydrogens (primary N) is 1. The standard InChI is InChI=1S/C13H22N2O/c1-5-6-9-15-11(13(2,3)4)8-7-10(14)12(15)16/h7-8H,5-6,9,14H2,1-4H3. The van der Waals surface area contributed by atoms with Crippen LogP contribution in [0.25, 0.3) is 0 Å². The van der Waals surface area contributed by atoms with Crippen LogP contribution in [-0.4, -0.2) is 4.57 Å². The Balaban J connectivity index is 3.28. The molecule has 1 aromatic rings. The molecule has 90 valence electrons. The molecule has 0 amide bonds. The number of nitrogens with zero attached hydrogens (tertiary/aromatic N) is 1. The molecule has 16 heavy (non-hydrogen) atoms. The van der Waals surface area contributed by atoms with E-state index in [2.05, 4.69) is 27.7 Å². The molecule has 0 fully saturated rings. The number of rotatable bonds is 3. The van der Waals surface area contributed by atoms with Gasteiger partial charge in [-0.15, -0.1) is 0 Å². The molecule has 0 bridgehead atoms. The predicted octanol–water partition coefficient (Wildman–Crippen LogP) is 2.53. The average Bonchev–Trinajstić information content (AvgIpc) is 2.18. The Labute approximate surface area is 97.3 Å². The molecule has 0 aliphatic carbocycles. The van der Waals surface area contributed by atoms with Crippen molar-refractivity contribution in [2.45, 2.75) is 52.5 Å². The molecule has 0 radical (unpaired) electrons. The zero-order valence-electron chi connectivity index (χ0n) is 10.7. The Kier molecular flexibility index (Phi) is 3.79. The Bertz CT molecular complexity index is 413. The first-order valence-electron chi connectivity index (χ1n) is 5.87. The summed E-state index contributed by atoms with van der Waals surface area (Å²) >= 11 is 0. The summed E-state index contributed by atoms with van der Waals surface area (Å²) in [5, 5.41) is 0. The van der Waals surface area contributed by atoms with Gasteiger partial charge in [0.05, 0.1) is 5.69 Å². The van der Waals surface area contributed by atoms with Crippen molar-refractivity contribution >= 4 is 5.69 Å².